The molecule has 0 radical (unpaired) electrons. The maximum atomic E-state index is 6.03. The van der Waals surface area contributed by atoms with Crippen LogP contribution in [-0.2, 0) is 0 Å². The summed E-state index contributed by atoms with van der Waals surface area (Å²) < 4.78 is 0. The van der Waals surface area contributed by atoms with Gasteiger partial charge in [-0.05, 0) is 67.7 Å². The zero-order chi connectivity index (χ0) is 14.5. The lowest BCUT2D eigenvalue weighted by molar-refractivity contribution is 0.176. The van der Waals surface area contributed by atoms with E-state index in [4.69, 9.17) is 11.6 Å². The predicted molar refractivity (Wildman–Crippen MR) is 88.2 cm³/mol. The quantitative estimate of drug-likeness (QED) is 0.761. The first-order valence-corrected chi connectivity index (χ1v) is 8.46. The van der Waals surface area contributed by atoms with E-state index in [1.165, 1.54) is 31.2 Å². The monoisotopic (exact) mass is 293 g/mol. The molecule has 0 aromatic heterocycles. The van der Waals surface area contributed by atoms with E-state index in [0.717, 1.165) is 29.3 Å². The van der Waals surface area contributed by atoms with Crippen molar-refractivity contribution < 1.29 is 0 Å². The molecule has 0 amide bonds. The maximum Gasteiger partial charge on any atom is 0.0406 e. The summed E-state index contributed by atoms with van der Waals surface area (Å²) in [7, 11) is 0. The van der Waals surface area contributed by atoms with Crippen LogP contribution in [0.25, 0.3) is 0 Å². The van der Waals surface area contributed by atoms with E-state index >= 15 is 0 Å². The third kappa shape index (κ3) is 4.23. The molecule has 2 rings (SSSR count). The Labute approximate surface area is 129 Å². The average molecular weight is 294 g/mol. The number of nitrogens with one attached hydrogen (secondary N) is 1. The number of benzene rings is 1. The minimum absolute atomic E-state index is 0.484. The molecular weight excluding hydrogens is 266 g/mol. The van der Waals surface area contributed by atoms with Gasteiger partial charge in [-0.3, -0.25) is 0 Å². The number of hydrogen-bond acceptors (Lipinski definition) is 1. The molecule has 0 bridgehead atoms. The van der Waals surface area contributed by atoms with Crippen molar-refractivity contribution in [1.82, 2.24) is 5.32 Å². The number of hydrogen-bond donors (Lipinski definition) is 1. The van der Waals surface area contributed by atoms with Gasteiger partial charge in [0.15, 0.2) is 0 Å². The van der Waals surface area contributed by atoms with Crippen LogP contribution in [0.3, 0.4) is 0 Å². The van der Waals surface area contributed by atoms with Crippen molar-refractivity contribution in [3.63, 3.8) is 0 Å². The first-order valence-electron chi connectivity index (χ1n) is 8.09. The van der Waals surface area contributed by atoms with Gasteiger partial charge in [-0.25, -0.2) is 0 Å². The van der Waals surface area contributed by atoms with Crippen LogP contribution in [0, 0.1) is 17.8 Å². The fourth-order valence-corrected chi connectivity index (χ4v) is 3.93. The van der Waals surface area contributed by atoms with Crippen molar-refractivity contribution in [2.24, 2.45) is 17.8 Å². The zero-order valence-corrected chi connectivity index (χ0v) is 13.8. The molecule has 1 N–H and O–H groups in total. The second-order valence-electron chi connectivity index (χ2n) is 6.66. The van der Waals surface area contributed by atoms with Gasteiger partial charge >= 0.3 is 0 Å². The standard InChI is InChI=1S/C18H28ClN/c1-4-9-20-18(15-5-7-17(19)8-6-15)16-11-13(2)10-14(3)12-16/h5-8,13-14,16,18,20H,4,9-12H2,1-3H3. The van der Waals surface area contributed by atoms with E-state index in [-0.39, 0.29) is 0 Å². The van der Waals surface area contributed by atoms with Crippen LogP contribution in [0.4, 0.5) is 0 Å². The largest absolute Gasteiger partial charge is 0.310 e. The Balaban J connectivity index is 2.15. The zero-order valence-electron chi connectivity index (χ0n) is 13.0. The fraction of sp³-hybridized carbons (Fsp3) is 0.667. The van der Waals surface area contributed by atoms with Gasteiger partial charge in [-0.2, -0.15) is 0 Å². The van der Waals surface area contributed by atoms with Gasteiger partial charge in [-0.1, -0.05) is 44.5 Å². The lowest BCUT2D eigenvalue weighted by Crippen LogP contribution is -2.33. The fourth-order valence-electron chi connectivity index (χ4n) is 3.81. The van der Waals surface area contributed by atoms with Crippen LogP contribution >= 0.6 is 11.6 Å². The number of halogens is 1. The van der Waals surface area contributed by atoms with Gasteiger partial charge < -0.3 is 5.32 Å². The van der Waals surface area contributed by atoms with Gasteiger partial charge in [0.25, 0.3) is 0 Å². The van der Waals surface area contributed by atoms with Crippen molar-refractivity contribution in [3.05, 3.63) is 34.9 Å². The van der Waals surface area contributed by atoms with Crippen molar-refractivity contribution in [2.75, 3.05) is 6.54 Å². The van der Waals surface area contributed by atoms with Crippen LogP contribution in [0.15, 0.2) is 24.3 Å². The molecule has 0 spiro atoms. The van der Waals surface area contributed by atoms with E-state index in [9.17, 15) is 0 Å². The van der Waals surface area contributed by atoms with E-state index in [0.29, 0.717) is 6.04 Å². The normalized spacial score (nSPS) is 28.3. The van der Waals surface area contributed by atoms with E-state index < -0.39 is 0 Å². The molecule has 0 heterocycles. The van der Waals surface area contributed by atoms with Gasteiger partial charge in [0.05, 0.1) is 0 Å². The lowest BCUT2D eigenvalue weighted by Gasteiger charge is -2.37. The smallest absolute Gasteiger partial charge is 0.0406 e. The Hall–Kier alpha value is -0.530. The summed E-state index contributed by atoms with van der Waals surface area (Å²) in [6.45, 7) is 8.13. The highest BCUT2D eigenvalue weighted by Gasteiger charge is 2.30. The molecule has 1 fully saturated rings. The highest BCUT2D eigenvalue weighted by atomic mass is 35.5. The van der Waals surface area contributed by atoms with E-state index in [1.54, 1.807) is 0 Å². The third-order valence-electron chi connectivity index (χ3n) is 4.53. The van der Waals surface area contributed by atoms with Crippen molar-refractivity contribution in [1.29, 1.82) is 0 Å². The van der Waals surface area contributed by atoms with Gasteiger partial charge in [0, 0.05) is 11.1 Å². The summed E-state index contributed by atoms with van der Waals surface area (Å²) in [5.41, 5.74) is 1.40. The summed E-state index contributed by atoms with van der Waals surface area (Å²) in [5.74, 6) is 2.45. The average Bonchev–Trinajstić information content (AvgIpc) is 2.40. The molecule has 0 saturated heterocycles. The van der Waals surface area contributed by atoms with Crippen molar-refractivity contribution in [2.45, 2.75) is 52.5 Å². The van der Waals surface area contributed by atoms with Crippen molar-refractivity contribution >= 4 is 11.6 Å². The highest BCUT2D eigenvalue weighted by molar-refractivity contribution is 6.30. The third-order valence-corrected chi connectivity index (χ3v) is 4.78. The van der Waals surface area contributed by atoms with Crippen LogP contribution in [-0.4, -0.2) is 6.54 Å². The first-order chi connectivity index (χ1) is 9.60. The van der Waals surface area contributed by atoms with Crippen LogP contribution in [0.5, 0.6) is 0 Å². The Bertz CT molecular complexity index is 390. The molecule has 112 valence electrons. The summed E-state index contributed by atoms with van der Waals surface area (Å²) in [6, 6.07) is 8.91. The minimum atomic E-state index is 0.484. The SMILES string of the molecule is CCCNC(c1ccc(Cl)cc1)C1CC(C)CC(C)C1. The van der Waals surface area contributed by atoms with Crippen LogP contribution in [0.1, 0.15) is 58.1 Å². The molecule has 20 heavy (non-hydrogen) atoms. The molecule has 2 heteroatoms. The van der Waals surface area contributed by atoms with E-state index in [1.807, 2.05) is 12.1 Å². The van der Waals surface area contributed by atoms with E-state index in [2.05, 4.69) is 38.2 Å². The molecule has 3 atom stereocenters. The molecule has 1 aromatic carbocycles. The second kappa shape index (κ2) is 7.47. The maximum absolute atomic E-state index is 6.03. The van der Waals surface area contributed by atoms with Crippen LogP contribution < -0.4 is 5.32 Å². The minimum Gasteiger partial charge on any atom is -0.310 e. The summed E-state index contributed by atoms with van der Waals surface area (Å²) >= 11 is 6.03. The second-order valence-corrected chi connectivity index (χ2v) is 7.10. The number of rotatable bonds is 5. The first kappa shape index (κ1) is 15.9. The Morgan fingerprint density at radius 1 is 1.10 bits per heavy atom. The van der Waals surface area contributed by atoms with Crippen LogP contribution in [0.2, 0.25) is 5.02 Å². The molecule has 1 nitrogen and oxygen atoms in total. The summed E-state index contributed by atoms with van der Waals surface area (Å²) in [6.07, 6.45) is 5.25. The Kier molecular flexibility index (Phi) is 5.92. The molecule has 1 aliphatic carbocycles. The Morgan fingerprint density at radius 2 is 1.70 bits per heavy atom. The molecular formula is C18H28ClN. The van der Waals surface area contributed by atoms with Crippen molar-refractivity contribution in [3.8, 4) is 0 Å². The van der Waals surface area contributed by atoms with Gasteiger partial charge in [-0.15, -0.1) is 0 Å². The van der Waals surface area contributed by atoms with Gasteiger partial charge in [0.1, 0.15) is 0 Å². The molecule has 1 aliphatic rings. The molecule has 3 unspecified atom stereocenters. The molecule has 1 aromatic rings. The molecule has 0 aliphatic heterocycles. The summed E-state index contributed by atoms with van der Waals surface area (Å²) in [5, 5.41) is 4.60. The lowest BCUT2D eigenvalue weighted by atomic mass is 9.72. The highest BCUT2D eigenvalue weighted by Crippen LogP contribution is 2.40. The van der Waals surface area contributed by atoms with Gasteiger partial charge in [0.2, 0.25) is 0 Å². The predicted octanol–water partition coefficient (Wildman–Crippen LogP) is 5.45. The summed E-state index contributed by atoms with van der Waals surface area (Å²) in [4.78, 5) is 0. The topological polar surface area (TPSA) is 12.0 Å². The Morgan fingerprint density at radius 3 is 2.25 bits per heavy atom. The molecule has 1 saturated carbocycles.